The number of imidazole rings is 1. The Morgan fingerprint density at radius 3 is 2.48 bits per heavy atom. The minimum Gasteiger partial charge on any atom is -0.485 e. The zero-order chi connectivity index (χ0) is 17.2. The van der Waals surface area contributed by atoms with Crippen molar-refractivity contribution >= 4 is 33.2 Å². The summed E-state index contributed by atoms with van der Waals surface area (Å²) >= 11 is 9.63. The Morgan fingerprint density at radius 1 is 0.960 bits per heavy atom. The van der Waals surface area contributed by atoms with Crippen molar-refractivity contribution in [1.82, 2.24) is 9.38 Å². The van der Waals surface area contributed by atoms with Crippen LogP contribution in [0.2, 0.25) is 5.02 Å². The Kier molecular flexibility index (Phi) is 4.47. The standard InChI is InChI=1S/C20H14BrClN2O/c21-19-18(15-8-10-16(22)11-9-15)23-20-17(7-4-12-24(19)20)25-13-14-5-2-1-3-6-14/h1-12H,13H2. The van der Waals surface area contributed by atoms with Gasteiger partial charge in [0.15, 0.2) is 11.4 Å². The molecule has 0 bridgehead atoms. The van der Waals surface area contributed by atoms with Gasteiger partial charge in [-0.2, -0.15) is 0 Å². The van der Waals surface area contributed by atoms with Gasteiger partial charge in [0.2, 0.25) is 0 Å². The third-order valence-electron chi connectivity index (χ3n) is 3.91. The fourth-order valence-corrected chi connectivity index (χ4v) is 3.38. The van der Waals surface area contributed by atoms with Crippen molar-refractivity contribution in [3.63, 3.8) is 0 Å². The molecule has 5 heteroatoms. The van der Waals surface area contributed by atoms with Crippen LogP contribution in [-0.2, 0) is 6.61 Å². The predicted octanol–water partition coefficient (Wildman–Crippen LogP) is 6.00. The van der Waals surface area contributed by atoms with Gasteiger partial charge in [-0.15, -0.1) is 0 Å². The maximum atomic E-state index is 6.00. The monoisotopic (exact) mass is 412 g/mol. The predicted molar refractivity (Wildman–Crippen MR) is 104 cm³/mol. The van der Waals surface area contributed by atoms with Crippen molar-refractivity contribution in [2.45, 2.75) is 6.61 Å². The Morgan fingerprint density at radius 2 is 1.72 bits per heavy atom. The molecule has 0 spiro atoms. The summed E-state index contributed by atoms with van der Waals surface area (Å²) in [5.41, 5.74) is 3.74. The van der Waals surface area contributed by atoms with Crippen molar-refractivity contribution in [2.75, 3.05) is 0 Å². The summed E-state index contributed by atoms with van der Waals surface area (Å²) in [5, 5.41) is 0.704. The van der Waals surface area contributed by atoms with E-state index in [2.05, 4.69) is 15.9 Å². The van der Waals surface area contributed by atoms with Gasteiger partial charge in [-0.25, -0.2) is 4.98 Å². The number of halogens is 2. The van der Waals surface area contributed by atoms with Crippen molar-refractivity contribution in [3.8, 4) is 17.0 Å². The topological polar surface area (TPSA) is 26.5 Å². The minimum atomic E-state index is 0.501. The fraction of sp³-hybridized carbons (Fsp3) is 0.0500. The molecule has 2 aromatic heterocycles. The van der Waals surface area contributed by atoms with E-state index in [0.717, 1.165) is 32.8 Å². The normalized spacial score (nSPS) is 11.0. The molecule has 0 saturated carbocycles. The quantitative estimate of drug-likeness (QED) is 0.410. The highest BCUT2D eigenvalue weighted by Gasteiger charge is 2.15. The van der Waals surface area contributed by atoms with E-state index in [9.17, 15) is 0 Å². The van der Waals surface area contributed by atoms with E-state index in [1.807, 2.05) is 77.3 Å². The van der Waals surface area contributed by atoms with Crippen LogP contribution in [0.15, 0.2) is 77.5 Å². The van der Waals surface area contributed by atoms with Crippen LogP contribution >= 0.6 is 27.5 Å². The molecule has 0 N–H and O–H groups in total. The average molecular weight is 414 g/mol. The van der Waals surface area contributed by atoms with Crippen molar-refractivity contribution in [2.24, 2.45) is 0 Å². The lowest BCUT2D eigenvalue weighted by Gasteiger charge is -2.07. The summed E-state index contributed by atoms with van der Waals surface area (Å²) in [5.74, 6) is 0.743. The molecule has 2 heterocycles. The maximum Gasteiger partial charge on any atom is 0.181 e. The van der Waals surface area contributed by atoms with Crippen LogP contribution in [0, 0.1) is 0 Å². The smallest absolute Gasteiger partial charge is 0.181 e. The first kappa shape index (κ1) is 16.2. The second kappa shape index (κ2) is 6.90. The Balaban J connectivity index is 1.71. The van der Waals surface area contributed by atoms with Crippen LogP contribution in [0.5, 0.6) is 5.75 Å². The molecule has 124 valence electrons. The van der Waals surface area contributed by atoms with Gasteiger partial charge in [-0.1, -0.05) is 54.1 Å². The van der Waals surface area contributed by atoms with E-state index < -0.39 is 0 Å². The van der Waals surface area contributed by atoms with Crippen LogP contribution in [0.25, 0.3) is 16.9 Å². The summed E-state index contributed by atoms with van der Waals surface area (Å²) < 4.78 is 8.86. The molecule has 25 heavy (non-hydrogen) atoms. The van der Waals surface area contributed by atoms with Gasteiger partial charge in [0, 0.05) is 16.8 Å². The maximum absolute atomic E-state index is 6.00. The van der Waals surface area contributed by atoms with Crippen LogP contribution in [0.1, 0.15) is 5.56 Å². The van der Waals surface area contributed by atoms with Gasteiger partial charge in [0.25, 0.3) is 0 Å². The number of pyridine rings is 1. The number of hydrogen-bond donors (Lipinski definition) is 0. The summed E-state index contributed by atoms with van der Waals surface area (Å²) in [4.78, 5) is 4.77. The highest BCUT2D eigenvalue weighted by molar-refractivity contribution is 9.10. The lowest BCUT2D eigenvalue weighted by atomic mass is 10.2. The number of nitrogens with zero attached hydrogens (tertiary/aromatic N) is 2. The Bertz CT molecular complexity index is 1010. The minimum absolute atomic E-state index is 0.501. The molecule has 0 aliphatic carbocycles. The van der Waals surface area contributed by atoms with Crippen molar-refractivity contribution in [3.05, 3.63) is 88.1 Å². The van der Waals surface area contributed by atoms with E-state index in [0.29, 0.717) is 11.6 Å². The number of rotatable bonds is 4. The summed E-state index contributed by atoms with van der Waals surface area (Å²) in [7, 11) is 0. The number of fused-ring (bicyclic) bond motifs is 1. The molecule has 0 radical (unpaired) electrons. The zero-order valence-electron chi connectivity index (χ0n) is 13.2. The van der Waals surface area contributed by atoms with Gasteiger partial charge >= 0.3 is 0 Å². The highest BCUT2D eigenvalue weighted by atomic mass is 79.9. The van der Waals surface area contributed by atoms with Crippen LogP contribution in [0.4, 0.5) is 0 Å². The second-order valence-corrected chi connectivity index (χ2v) is 6.79. The fourth-order valence-electron chi connectivity index (χ4n) is 2.65. The molecule has 4 aromatic rings. The van der Waals surface area contributed by atoms with Gasteiger partial charge in [-0.05, 0) is 45.8 Å². The molecule has 0 saturated heterocycles. The van der Waals surface area contributed by atoms with Gasteiger partial charge in [-0.3, -0.25) is 4.40 Å². The Hall–Kier alpha value is -2.30. The van der Waals surface area contributed by atoms with Crippen LogP contribution in [0.3, 0.4) is 0 Å². The summed E-state index contributed by atoms with van der Waals surface area (Å²) in [6.45, 7) is 0.501. The van der Waals surface area contributed by atoms with E-state index >= 15 is 0 Å². The number of aromatic nitrogens is 2. The average Bonchev–Trinajstić information content (AvgIpc) is 2.99. The highest BCUT2D eigenvalue weighted by Crippen LogP contribution is 2.32. The molecule has 0 aliphatic heterocycles. The number of hydrogen-bond acceptors (Lipinski definition) is 2. The van der Waals surface area contributed by atoms with Gasteiger partial charge in [0.1, 0.15) is 16.9 Å². The van der Waals surface area contributed by atoms with Crippen LogP contribution in [-0.4, -0.2) is 9.38 Å². The third kappa shape index (κ3) is 3.28. The molecule has 2 aromatic carbocycles. The molecule has 0 amide bonds. The first-order chi connectivity index (χ1) is 12.2. The molecule has 0 aliphatic rings. The second-order valence-electron chi connectivity index (χ2n) is 5.60. The number of ether oxygens (including phenoxy) is 1. The van der Waals surface area contributed by atoms with Gasteiger partial charge in [0.05, 0.1) is 0 Å². The zero-order valence-corrected chi connectivity index (χ0v) is 15.5. The summed E-state index contributed by atoms with van der Waals surface area (Å²) in [6, 6.07) is 21.6. The SMILES string of the molecule is Clc1ccc(-c2nc3c(OCc4ccccc4)cccn3c2Br)cc1. The molecular formula is C20H14BrClN2O. The van der Waals surface area contributed by atoms with Crippen molar-refractivity contribution in [1.29, 1.82) is 0 Å². The third-order valence-corrected chi connectivity index (χ3v) is 4.92. The first-order valence-corrected chi connectivity index (χ1v) is 8.99. The number of benzene rings is 2. The van der Waals surface area contributed by atoms with Crippen LogP contribution < -0.4 is 4.74 Å². The molecule has 0 fully saturated rings. The lowest BCUT2D eigenvalue weighted by Crippen LogP contribution is -1.97. The van der Waals surface area contributed by atoms with Crippen molar-refractivity contribution < 1.29 is 4.74 Å². The van der Waals surface area contributed by atoms with E-state index in [1.54, 1.807) is 0 Å². The van der Waals surface area contributed by atoms with E-state index in [1.165, 1.54) is 0 Å². The Labute approximate surface area is 159 Å². The molecular weight excluding hydrogens is 400 g/mol. The first-order valence-electron chi connectivity index (χ1n) is 7.81. The summed E-state index contributed by atoms with van der Waals surface area (Å²) in [6.07, 6.45) is 1.96. The molecule has 4 rings (SSSR count). The molecule has 3 nitrogen and oxygen atoms in total. The van der Waals surface area contributed by atoms with E-state index in [4.69, 9.17) is 21.3 Å². The molecule has 0 unspecified atom stereocenters. The van der Waals surface area contributed by atoms with Gasteiger partial charge < -0.3 is 4.74 Å². The largest absolute Gasteiger partial charge is 0.485 e. The molecule has 0 atom stereocenters. The van der Waals surface area contributed by atoms with E-state index in [-0.39, 0.29) is 0 Å². The lowest BCUT2D eigenvalue weighted by molar-refractivity contribution is 0.308.